The van der Waals surface area contributed by atoms with Gasteiger partial charge in [-0.15, -0.1) is 0 Å². The lowest BCUT2D eigenvalue weighted by Crippen LogP contribution is -1.91. The van der Waals surface area contributed by atoms with Gasteiger partial charge in [0, 0.05) is 28.9 Å². The minimum Gasteiger partial charge on any atom is -0.343 e. The smallest absolute Gasteiger partial charge is 0.0564 e. The van der Waals surface area contributed by atoms with E-state index in [2.05, 4.69) is 74.0 Å². The van der Waals surface area contributed by atoms with Gasteiger partial charge in [-0.2, -0.15) is 0 Å². The number of aromatic nitrogens is 1. The average Bonchev–Trinajstić information content (AvgIpc) is 2.82. The first-order valence-electron chi connectivity index (χ1n) is 7.33. The highest BCUT2D eigenvalue weighted by molar-refractivity contribution is 6.11. The standard InChI is InChI=1S/C17H17N.C2H6/c1-4-12(2)13-9-7-10-15-14-8-5-6-11-16(14)18(3)17(13)15;1-2/h4-11H,1-3H3;1-2H3/b12-4+;. The van der Waals surface area contributed by atoms with Crippen molar-refractivity contribution in [2.24, 2.45) is 7.05 Å². The summed E-state index contributed by atoms with van der Waals surface area (Å²) in [6, 6.07) is 15.2. The third-order valence-corrected chi connectivity index (χ3v) is 3.78. The zero-order valence-electron chi connectivity index (χ0n) is 13.1. The molecular formula is C19H23N. The number of nitrogens with zero attached hydrogens (tertiary/aromatic N) is 1. The third-order valence-electron chi connectivity index (χ3n) is 3.78. The Morgan fingerprint density at radius 3 is 2.30 bits per heavy atom. The molecule has 0 amide bonds. The van der Waals surface area contributed by atoms with E-state index in [1.54, 1.807) is 0 Å². The second-order valence-electron chi connectivity index (χ2n) is 4.75. The summed E-state index contributed by atoms with van der Waals surface area (Å²) in [6.45, 7) is 8.27. The zero-order chi connectivity index (χ0) is 14.7. The summed E-state index contributed by atoms with van der Waals surface area (Å²) in [4.78, 5) is 0. The van der Waals surface area contributed by atoms with E-state index >= 15 is 0 Å². The van der Waals surface area contributed by atoms with Gasteiger partial charge in [0.15, 0.2) is 0 Å². The van der Waals surface area contributed by atoms with Gasteiger partial charge >= 0.3 is 0 Å². The van der Waals surface area contributed by atoms with E-state index in [0.29, 0.717) is 0 Å². The molecule has 20 heavy (non-hydrogen) atoms. The number of allylic oxidation sites excluding steroid dienone is 2. The number of rotatable bonds is 1. The summed E-state index contributed by atoms with van der Waals surface area (Å²) >= 11 is 0. The number of benzene rings is 2. The van der Waals surface area contributed by atoms with Gasteiger partial charge in [0.1, 0.15) is 0 Å². The van der Waals surface area contributed by atoms with Crippen LogP contribution in [0.25, 0.3) is 27.4 Å². The first kappa shape index (κ1) is 14.4. The molecule has 1 aromatic heterocycles. The molecule has 0 aliphatic rings. The Labute approximate surface area is 121 Å². The van der Waals surface area contributed by atoms with Crippen molar-refractivity contribution in [3.63, 3.8) is 0 Å². The van der Waals surface area contributed by atoms with Crippen LogP contribution < -0.4 is 0 Å². The molecule has 1 nitrogen and oxygen atoms in total. The van der Waals surface area contributed by atoms with Crippen molar-refractivity contribution in [1.82, 2.24) is 4.57 Å². The summed E-state index contributed by atoms with van der Waals surface area (Å²) in [7, 11) is 2.15. The molecule has 104 valence electrons. The second kappa shape index (κ2) is 5.96. The molecule has 1 heterocycles. The lowest BCUT2D eigenvalue weighted by atomic mass is 10.0. The fourth-order valence-corrected chi connectivity index (χ4v) is 2.71. The molecule has 1 heteroatoms. The van der Waals surface area contributed by atoms with Crippen molar-refractivity contribution in [2.45, 2.75) is 27.7 Å². The molecule has 0 aliphatic heterocycles. The lowest BCUT2D eigenvalue weighted by molar-refractivity contribution is 1.01. The minimum absolute atomic E-state index is 1.30. The van der Waals surface area contributed by atoms with Crippen LogP contribution >= 0.6 is 0 Å². The van der Waals surface area contributed by atoms with E-state index < -0.39 is 0 Å². The fraction of sp³-hybridized carbons (Fsp3) is 0.263. The van der Waals surface area contributed by atoms with Gasteiger partial charge in [-0.3, -0.25) is 0 Å². The van der Waals surface area contributed by atoms with E-state index in [-0.39, 0.29) is 0 Å². The van der Waals surface area contributed by atoms with Crippen LogP contribution in [0.3, 0.4) is 0 Å². The van der Waals surface area contributed by atoms with E-state index in [4.69, 9.17) is 0 Å². The van der Waals surface area contributed by atoms with Crippen molar-refractivity contribution in [3.05, 3.63) is 54.1 Å². The van der Waals surface area contributed by atoms with Crippen molar-refractivity contribution in [3.8, 4) is 0 Å². The number of hydrogen-bond acceptors (Lipinski definition) is 0. The largest absolute Gasteiger partial charge is 0.343 e. The van der Waals surface area contributed by atoms with Crippen LogP contribution in [0.15, 0.2) is 48.5 Å². The highest BCUT2D eigenvalue weighted by Gasteiger charge is 2.11. The molecule has 0 atom stereocenters. The maximum atomic E-state index is 2.30. The molecule has 3 rings (SSSR count). The Balaban J connectivity index is 0.000000704. The molecular weight excluding hydrogens is 242 g/mol. The van der Waals surface area contributed by atoms with E-state index in [1.165, 1.54) is 32.9 Å². The fourth-order valence-electron chi connectivity index (χ4n) is 2.71. The molecule has 0 fully saturated rings. The quantitative estimate of drug-likeness (QED) is 0.525. The molecule has 0 N–H and O–H groups in total. The average molecular weight is 265 g/mol. The normalized spacial score (nSPS) is 11.6. The summed E-state index contributed by atoms with van der Waals surface area (Å²) in [5, 5.41) is 2.67. The first-order valence-corrected chi connectivity index (χ1v) is 7.33. The van der Waals surface area contributed by atoms with Crippen LogP contribution in [0, 0.1) is 0 Å². The number of para-hydroxylation sites is 2. The van der Waals surface area contributed by atoms with Gasteiger partial charge in [0.05, 0.1) is 5.52 Å². The SMILES string of the molecule is C/C=C(\C)c1cccc2c3ccccc3n(C)c12.CC. The Morgan fingerprint density at radius 2 is 1.60 bits per heavy atom. The minimum atomic E-state index is 1.30. The van der Waals surface area contributed by atoms with Crippen LogP contribution in [-0.2, 0) is 7.05 Å². The molecule has 2 aromatic carbocycles. The highest BCUT2D eigenvalue weighted by atomic mass is 14.9. The zero-order valence-corrected chi connectivity index (χ0v) is 13.1. The molecule has 0 saturated carbocycles. The topological polar surface area (TPSA) is 4.93 Å². The predicted octanol–water partition coefficient (Wildman–Crippen LogP) is 5.78. The van der Waals surface area contributed by atoms with E-state index in [0.717, 1.165) is 0 Å². The molecule has 0 spiro atoms. The van der Waals surface area contributed by atoms with Crippen LogP contribution in [-0.4, -0.2) is 4.57 Å². The maximum Gasteiger partial charge on any atom is 0.0564 e. The summed E-state index contributed by atoms with van der Waals surface area (Å²) in [5.41, 5.74) is 5.28. The Kier molecular flexibility index (Phi) is 4.29. The maximum absolute atomic E-state index is 2.30. The van der Waals surface area contributed by atoms with Gasteiger partial charge in [0.25, 0.3) is 0 Å². The van der Waals surface area contributed by atoms with Gasteiger partial charge in [-0.05, 0) is 25.5 Å². The second-order valence-corrected chi connectivity index (χ2v) is 4.75. The van der Waals surface area contributed by atoms with Gasteiger partial charge in [-0.1, -0.05) is 56.3 Å². The highest BCUT2D eigenvalue weighted by Crippen LogP contribution is 2.32. The van der Waals surface area contributed by atoms with Crippen molar-refractivity contribution >= 4 is 27.4 Å². The number of aryl methyl sites for hydroxylation is 1. The number of hydrogen-bond donors (Lipinski definition) is 0. The van der Waals surface area contributed by atoms with Crippen molar-refractivity contribution in [2.75, 3.05) is 0 Å². The first-order chi connectivity index (χ1) is 9.74. The van der Waals surface area contributed by atoms with Crippen molar-refractivity contribution < 1.29 is 0 Å². The number of fused-ring (bicyclic) bond motifs is 3. The predicted molar refractivity (Wildman–Crippen MR) is 91.1 cm³/mol. The molecule has 0 unspecified atom stereocenters. The molecule has 0 radical (unpaired) electrons. The van der Waals surface area contributed by atoms with Crippen LogP contribution in [0.1, 0.15) is 33.3 Å². The Bertz CT molecular complexity index is 760. The van der Waals surface area contributed by atoms with E-state index in [1.807, 2.05) is 13.8 Å². The van der Waals surface area contributed by atoms with Gasteiger partial charge < -0.3 is 4.57 Å². The summed E-state index contributed by atoms with van der Waals surface area (Å²) in [6.07, 6.45) is 2.17. The Hall–Kier alpha value is -2.02. The van der Waals surface area contributed by atoms with E-state index in [9.17, 15) is 0 Å². The lowest BCUT2D eigenvalue weighted by Gasteiger charge is -2.06. The monoisotopic (exact) mass is 265 g/mol. The van der Waals surface area contributed by atoms with Crippen molar-refractivity contribution in [1.29, 1.82) is 0 Å². The summed E-state index contributed by atoms with van der Waals surface area (Å²) in [5.74, 6) is 0. The van der Waals surface area contributed by atoms with Crippen LogP contribution in [0.4, 0.5) is 0 Å². The molecule has 0 saturated heterocycles. The van der Waals surface area contributed by atoms with Crippen LogP contribution in [0.2, 0.25) is 0 Å². The third kappa shape index (κ3) is 2.14. The van der Waals surface area contributed by atoms with Gasteiger partial charge in [-0.25, -0.2) is 0 Å². The van der Waals surface area contributed by atoms with Crippen LogP contribution in [0.5, 0.6) is 0 Å². The molecule has 3 aromatic rings. The van der Waals surface area contributed by atoms with Gasteiger partial charge in [0.2, 0.25) is 0 Å². The molecule has 0 aliphatic carbocycles. The molecule has 0 bridgehead atoms. The summed E-state index contributed by atoms with van der Waals surface area (Å²) < 4.78 is 2.30. The Morgan fingerprint density at radius 1 is 0.950 bits per heavy atom.